The van der Waals surface area contributed by atoms with Gasteiger partial charge in [-0.25, -0.2) is 4.98 Å². The average molecular weight is 346 g/mol. The molecule has 0 saturated carbocycles. The van der Waals surface area contributed by atoms with Gasteiger partial charge >= 0.3 is 0 Å². The zero-order valence-electron chi connectivity index (χ0n) is 14.6. The van der Waals surface area contributed by atoms with Crippen molar-refractivity contribution >= 4 is 0 Å². The normalized spacial score (nSPS) is 10.3. The molecule has 0 radical (unpaired) electrons. The summed E-state index contributed by atoms with van der Waals surface area (Å²) in [5.41, 5.74) is 1.34. The Hall–Kier alpha value is -1.90. The van der Waals surface area contributed by atoms with Gasteiger partial charge in [-0.1, -0.05) is 71.4 Å². The van der Waals surface area contributed by atoms with Crippen molar-refractivity contribution in [3.63, 3.8) is 0 Å². The summed E-state index contributed by atoms with van der Waals surface area (Å²) in [6.07, 6.45) is 13.3. The van der Waals surface area contributed by atoms with E-state index in [9.17, 15) is 4.39 Å². The van der Waals surface area contributed by atoms with Crippen LogP contribution >= 0.6 is 0 Å². The van der Waals surface area contributed by atoms with Crippen molar-refractivity contribution < 1.29 is 9.13 Å². The third-order valence-corrected chi connectivity index (χ3v) is 4.18. The quantitative estimate of drug-likeness (QED) is 0.314. The third kappa shape index (κ3) is 8.67. The number of hydrogen-bond donors (Lipinski definition) is 0. The lowest BCUT2D eigenvalue weighted by Crippen LogP contribution is -1.89. The molecule has 0 amide bonds. The summed E-state index contributed by atoms with van der Waals surface area (Å²) in [4.78, 5) is 3.58. The summed E-state index contributed by atoms with van der Waals surface area (Å²) in [5.74, 6) is 0.804. The van der Waals surface area contributed by atoms with Gasteiger partial charge in [-0.15, -0.1) is 0 Å². The van der Waals surface area contributed by atoms with E-state index in [1.165, 1.54) is 69.2 Å². The second-order valence-electron chi connectivity index (χ2n) is 6.29. The van der Waals surface area contributed by atoms with Crippen molar-refractivity contribution in [3.05, 3.63) is 54.1 Å². The summed E-state index contributed by atoms with van der Waals surface area (Å²) in [5, 5.41) is 0. The molecular formula is C22H32FNO. The van der Waals surface area contributed by atoms with Crippen molar-refractivity contribution in [2.24, 2.45) is 0 Å². The minimum atomic E-state index is -0.497. The van der Waals surface area contributed by atoms with Crippen molar-refractivity contribution in [2.45, 2.75) is 72.1 Å². The lowest BCUT2D eigenvalue weighted by Gasteiger charge is -2.07. The smallest absolute Gasteiger partial charge is 0.213 e. The number of halogens is 1. The maximum atomic E-state index is 12.8. The fourth-order valence-corrected chi connectivity index (χ4v) is 2.75. The average Bonchev–Trinajstić information content (AvgIpc) is 2.61. The van der Waals surface area contributed by atoms with Crippen LogP contribution in [0.4, 0.5) is 4.39 Å². The molecule has 0 aliphatic rings. The molecule has 0 bridgehead atoms. The van der Waals surface area contributed by atoms with Gasteiger partial charge in [0.15, 0.2) is 0 Å². The van der Waals surface area contributed by atoms with Crippen molar-refractivity contribution in [3.8, 4) is 11.5 Å². The van der Waals surface area contributed by atoms with Gasteiger partial charge in [0.1, 0.15) is 11.5 Å². The highest BCUT2D eigenvalue weighted by Crippen LogP contribution is 2.21. The Balaban J connectivity index is 0.00000312. The SMILES string of the molecule is C.CCCCCCCCCCc1ccc(Oc2ccc(F)nc2)cc1. The van der Waals surface area contributed by atoms with E-state index in [2.05, 4.69) is 24.0 Å². The lowest BCUT2D eigenvalue weighted by atomic mass is 10.0. The second kappa shape index (κ2) is 12.5. The Morgan fingerprint density at radius 3 is 2.00 bits per heavy atom. The molecule has 2 aromatic rings. The number of aromatic nitrogens is 1. The molecule has 0 N–H and O–H groups in total. The van der Waals surface area contributed by atoms with E-state index in [4.69, 9.17) is 4.74 Å². The fourth-order valence-electron chi connectivity index (χ4n) is 2.75. The molecule has 138 valence electrons. The number of rotatable bonds is 11. The first-order chi connectivity index (χ1) is 11.8. The number of benzene rings is 1. The van der Waals surface area contributed by atoms with E-state index in [0.29, 0.717) is 5.75 Å². The van der Waals surface area contributed by atoms with Gasteiger partial charge in [0, 0.05) is 0 Å². The van der Waals surface area contributed by atoms with Crippen LogP contribution in [0, 0.1) is 5.95 Å². The minimum Gasteiger partial charge on any atom is -0.456 e. The Morgan fingerprint density at radius 2 is 1.40 bits per heavy atom. The van der Waals surface area contributed by atoms with Crippen LogP contribution in [-0.2, 0) is 6.42 Å². The first-order valence-corrected chi connectivity index (χ1v) is 9.16. The Labute approximate surface area is 152 Å². The van der Waals surface area contributed by atoms with E-state index in [1.807, 2.05) is 12.1 Å². The van der Waals surface area contributed by atoms with Crippen molar-refractivity contribution in [1.29, 1.82) is 0 Å². The predicted octanol–water partition coefficient (Wildman–Crippen LogP) is 7.33. The number of aryl methyl sites for hydroxylation is 1. The molecule has 25 heavy (non-hydrogen) atoms. The highest BCUT2D eigenvalue weighted by molar-refractivity contribution is 5.31. The van der Waals surface area contributed by atoms with Crippen molar-refractivity contribution in [2.75, 3.05) is 0 Å². The maximum absolute atomic E-state index is 12.8. The highest BCUT2D eigenvalue weighted by atomic mass is 19.1. The molecule has 1 aromatic carbocycles. The van der Waals surface area contributed by atoms with Crippen LogP contribution < -0.4 is 4.74 Å². The molecule has 0 saturated heterocycles. The number of hydrogen-bond acceptors (Lipinski definition) is 2. The summed E-state index contributed by atoms with van der Waals surface area (Å²) < 4.78 is 18.4. The lowest BCUT2D eigenvalue weighted by molar-refractivity contribution is 0.474. The molecule has 0 spiro atoms. The monoisotopic (exact) mass is 345 g/mol. The summed E-state index contributed by atoms with van der Waals surface area (Å²) in [6, 6.07) is 11.0. The van der Waals surface area contributed by atoms with Crippen LogP contribution in [0.3, 0.4) is 0 Å². The number of pyridine rings is 1. The maximum Gasteiger partial charge on any atom is 0.213 e. The van der Waals surface area contributed by atoms with Crippen molar-refractivity contribution in [1.82, 2.24) is 4.98 Å². The van der Waals surface area contributed by atoms with E-state index >= 15 is 0 Å². The second-order valence-corrected chi connectivity index (χ2v) is 6.29. The molecule has 2 rings (SSSR count). The molecule has 2 nitrogen and oxygen atoms in total. The van der Waals surface area contributed by atoms with E-state index in [-0.39, 0.29) is 7.43 Å². The van der Waals surface area contributed by atoms with Gasteiger partial charge in [-0.3, -0.25) is 0 Å². The van der Waals surface area contributed by atoms with E-state index in [1.54, 1.807) is 6.07 Å². The Morgan fingerprint density at radius 1 is 0.800 bits per heavy atom. The van der Waals surface area contributed by atoms with Gasteiger partial charge in [0.05, 0.1) is 6.20 Å². The molecule has 1 heterocycles. The van der Waals surface area contributed by atoms with Gasteiger partial charge in [0.25, 0.3) is 0 Å². The van der Waals surface area contributed by atoms with Crippen LogP contribution in [0.25, 0.3) is 0 Å². The molecule has 0 unspecified atom stereocenters. The number of unbranched alkanes of at least 4 members (excludes halogenated alkanes) is 7. The van der Waals surface area contributed by atoms with Crippen LogP contribution in [0.1, 0.15) is 71.3 Å². The predicted molar refractivity (Wildman–Crippen MR) is 104 cm³/mol. The van der Waals surface area contributed by atoms with Crippen LogP contribution in [0.15, 0.2) is 42.6 Å². The molecule has 1 aromatic heterocycles. The van der Waals surface area contributed by atoms with E-state index in [0.717, 1.165) is 12.2 Å². The molecule has 0 fully saturated rings. The Kier molecular flexibility index (Phi) is 10.5. The topological polar surface area (TPSA) is 22.1 Å². The van der Waals surface area contributed by atoms with E-state index < -0.39 is 5.95 Å². The largest absolute Gasteiger partial charge is 0.456 e. The summed E-state index contributed by atoms with van der Waals surface area (Å²) in [7, 11) is 0. The standard InChI is InChI=1S/C21H28FNO.CH4/c1-2-3-4-5-6-7-8-9-10-18-11-13-19(14-12-18)24-20-15-16-21(22)23-17-20;/h11-17H,2-10H2,1H3;1H4. The van der Waals surface area contributed by atoms with Gasteiger partial charge in [-0.05, 0) is 42.7 Å². The number of nitrogens with zero attached hydrogens (tertiary/aromatic N) is 1. The van der Waals surface area contributed by atoms with Crippen LogP contribution in [-0.4, -0.2) is 4.98 Å². The molecule has 0 aliphatic heterocycles. The van der Waals surface area contributed by atoms with Gasteiger partial charge in [-0.2, -0.15) is 4.39 Å². The Bertz CT molecular complexity index is 566. The first-order valence-electron chi connectivity index (χ1n) is 9.16. The zero-order chi connectivity index (χ0) is 17.0. The highest BCUT2D eigenvalue weighted by Gasteiger charge is 2.00. The van der Waals surface area contributed by atoms with Gasteiger partial charge in [0.2, 0.25) is 5.95 Å². The molecule has 0 atom stereocenters. The summed E-state index contributed by atoms with van der Waals surface area (Å²) >= 11 is 0. The molecule has 3 heteroatoms. The molecular weight excluding hydrogens is 313 g/mol. The fraction of sp³-hybridized carbons (Fsp3) is 0.500. The summed E-state index contributed by atoms with van der Waals surface area (Å²) in [6.45, 7) is 2.26. The van der Waals surface area contributed by atoms with Crippen LogP contribution in [0.2, 0.25) is 0 Å². The molecule has 0 aliphatic carbocycles. The minimum absolute atomic E-state index is 0. The number of ether oxygens (including phenoxy) is 1. The third-order valence-electron chi connectivity index (χ3n) is 4.18. The zero-order valence-corrected chi connectivity index (χ0v) is 14.6. The van der Waals surface area contributed by atoms with Gasteiger partial charge < -0.3 is 4.74 Å². The first kappa shape index (κ1) is 21.1. The van der Waals surface area contributed by atoms with Crippen LogP contribution in [0.5, 0.6) is 11.5 Å².